The van der Waals surface area contributed by atoms with Gasteiger partial charge in [0.15, 0.2) is 6.29 Å². The van der Waals surface area contributed by atoms with E-state index < -0.39 is 0 Å². The average molecular weight is 205 g/mol. The summed E-state index contributed by atoms with van der Waals surface area (Å²) in [6, 6.07) is 3.11. The maximum Gasteiger partial charge on any atom is 0.227 e. The molecule has 1 aromatic carbocycles. The van der Waals surface area contributed by atoms with E-state index in [9.17, 15) is 14.7 Å². The van der Waals surface area contributed by atoms with Crippen LogP contribution < -0.4 is 4.90 Å². The molecule has 0 unspecified atom stereocenters. The second-order valence-electron chi connectivity index (χ2n) is 3.61. The molecule has 0 aliphatic carbocycles. The van der Waals surface area contributed by atoms with Crippen molar-refractivity contribution >= 4 is 17.9 Å². The standard InChI is InChI=1S/C11H11NO3/c1-12-9-4-8(6-13)10(14)5-7(9)2-3-11(12)15/h4-6,14H,2-3H2,1H3. The minimum atomic E-state index is -0.0218. The second-order valence-corrected chi connectivity index (χ2v) is 3.61. The van der Waals surface area contributed by atoms with Crippen LogP contribution in [-0.4, -0.2) is 24.3 Å². The summed E-state index contributed by atoms with van der Waals surface area (Å²) in [4.78, 5) is 23.6. The van der Waals surface area contributed by atoms with Gasteiger partial charge in [0.2, 0.25) is 5.91 Å². The molecule has 0 spiro atoms. The van der Waals surface area contributed by atoms with Crippen LogP contribution >= 0.6 is 0 Å². The lowest BCUT2D eigenvalue weighted by Gasteiger charge is -2.26. The number of carbonyl (C=O) groups excluding carboxylic acids is 2. The number of anilines is 1. The van der Waals surface area contributed by atoms with Gasteiger partial charge in [-0.2, -0.15) is 0 Å². The van der Waals surface area contributed by atoms with Crippen LogP contribution in [0.5, 0.6) is 5.75 Å². The van der Waals surface area contributed by atoms with Gasteiger partial charge in [-0.3, -0.25) is 9.59 Å². The fraction of sp³-hybridized carbons (Fsp3) is 0.273. The van der Waals surface area contributed by atoms with Gasteiger partial charge in [-0.15, -0.1) is 0 Å². The molecular weight excluding hydrogens is 194 g/mol. The summed E-state index contributed by atoms with van der Waals surface area (Å²) in [6.45, 7) is 0. The summed E-state index contributed by atoms with van der Waals surface area (Å²) in [7, 11) is 1.67. The Hall–Kier alpha value is -1.84. The third-order valence-corrected chi connectivity index (χ3v) is 2.70. The third kappa shape index (κ3) is 1.48. The second kappa shape index (κ2) is 3.38. The fourth-order valence-electron chi connectivity index (χ4n) is 1.79. The number of phenols is 1. The van der Waals surface area contributed by atoms with Crippen molar-refractivity contribution in [2.75, 3.05) is 11.9 Å². The molecule has 1 heterocycles. The van der Waals surface area contributed by atoms with E-state index in [4.69, 9.17) is 0 Å². The first-order valence-electron chi connectivity index (χ1n) is 4.71. The van der Waals surface area contributed by atoms with Crippen LogP contribution in [0.4, 0.5) is 5.69 Å². The molecule has 1 aliphatic heterocycles. The lowest BCUT2D eigenvalue weighted by atomic mass is 9.99. The molecule has 4 heteroatoms. The average Bonchev–Trinajstić information content (AvgIpc) is 2.23. The monoisotopic (exact) mass is 205 g/mol. The predicted molar refractivity (Wildman–Crippen MR) is 55.2 cm³/mol. The van der Waals surface area contributed by atoms with E-state index in [1.54, 1.807) is 19.2 Å². The van der Waals surface area contributed by atoms with E-state index >= 15 is 0 Å². The van der Waals surface area contributed by atoms with Crippen molar-refractivity contribution in [1.29, 1.82) is 0 Å². The Labute approximate surface area is 87.1 Å². The maximum atomic E-state index is 11.4. The van der Waals surface area contributed by atoms with Gasteiger partial charge in [0.25, 0.3) is 0 Å². The van der Waals surface area contributed by atoms with Gasteiger partial charge < -0.3 is 10.0 Å². The number of fused-ring (bicyclic) bond motifs is 1. The van der Waals surface area contributed by atoms with Crippen LogP contribution in [0.3, 0.4) is 0 Å². The fourth-order valence-corrected chi connectivity index (χ4v) is 1.79. The molecule has 1 aliphatic rings. The number of phenolic OH excluding ortho intramolecular Hbond substituents is 1. The first kappa shape index (κ1) is 9.71. The zero-order chi connectivity index (χ0) is 11.0. The van der Waals surface area contributed by atoms with Crippen molar-refractivity contribution in [2.24, 2.45) is 0 Å². The molecule has 0 bridgehead atoms. The Morgan fingerprint density at radius 2 is 2.13 bits per heavy atom. The first-order chi connectivity index (χ1) is 7.13. The molecule has 0 atom stereocenters. The van der Waals surface area contributed by atoms with E-state index in [0.717, 1.165) is 5.56 Å². The summed E-state index contributed by atoms with van der Waals surface area (Å²) < 4.78 is 0. The third-order valence-electron chi connectivity index (χ3n) is 2.70. The summed E-state index contributed by atoms with van der Waals surface area (Å²) in [5.41, 5.74) is 1.83. The Bertz CT molecular complexity index is 440. The minimum Gasteiger partial charge on any atom is -0.507 e. The molecule has 0 radical (unpaired) electrons. The van der Waals surface area contributed by atoms with E-state index in [1.165, 1.54) is 4.90 Å². The van der Waals surface area contributed by atoms with E-state index in [0.29, 0.717) is 24.8 Å². The molecule has 0 saturated carbocycles. The van der Waals surface area contributed by atoms with Gasteiger partial charge in [0.05, 0.1) is 5.56 Å². The van der Waals surface area contributed by atoms with Crippen LogP contribution in [-0.2, 0) is 11.2 Å². The van der Waals surface area contributed by atoms with Crippen molar-refractivity contribution in [3.05, 3.63) is 23.3 Å². The van der Waals surface area contributed by atoms with Crippen LogP contribution in [0.2, 0.25) is 0 Å². The molecule has 15 heavy (non-hydrogen) atoms. The number of carbonyl (C=O) groups is 2. The number of benzene rings is 1. The van der Waals surface area contributed by atoms with E-state index in [2.05, 4.69) is 0 Å². The molecule has 1 amide bonds. The summed E-state index contributed by atoms with van der Waals surface area (Å²) in [5.74, 6) is 0.0107. The Morgan fingerprint density at radius 3 is 2.80 bits per heavy atom. The smallest absolute Gasteiger partial charge is 0.227 e. The topological polar surface area (TPSA) is 57.6 Å². The molecular formula is C11H11NO3. The van der Waals surface area contributed by atoms with Crippen molar-refractivity contribution in [3.8, 4) is 5.75 Å². The van der Waals surface area contributed by atoms with Gasteiger partial charge in [0, 0.05) is 19.2 Å². The Balaban J connectivity index is 2.57. The highest BCUT2D eigenvalue weighted by molar-refractivity contribution is 5.97. The van der Waals surface area contributed by atoms with Crippen molar-refractivity contribution < 1.29 is 14.7 Å². The van der Waals surface area contributed by atoms with Crippen LogP contribution in [0.15, 0.2) is 12.1 Å². The highest BCUT2D eigenvalue weighted by atomic mass is 16.3. The largest absolute Gasteiger partial charge is 0.507 e. The molecule has 0 fully saturated rings. The van der Waals surface area contributed by atoms with Gasteiger partial charge in [-0.25, -0.2) is 0 Å². The summed E-state index contributed by atoms with van der Waals surface area (Å²) in [6.07, 6.45) is 1.65. The lowest BCUT2D eigenvalue weighted by Crippen LogP contribution is -2.31. The number of aryl methyl sites for hydroxylation is 1. The van der Waals surface area contributed by atoms with Crippen molar-refractivity contribution in [2.45, 2.75) is 12.8 Å². The predicted octanol–water partition coefficient (Wildman–Crippen LogP) is 1.11. The van der Waals surface area contributed by atoms with Gasteiger partial charge >= 0.3 is 0 Å². The van der Waals surface area contributed by atoms with Gasteiger partial charge in [-0.05, 0) is 24.1 Å². The number of rotatable bonds is 1. The number of nitrogens with zero attached hydrogens (tertiary/aromatic N) is 1. The maximum absolute atomic E-state index is 11.4. The summed E-state index contributed by atoms with van der Waals surface area (Å²) >= 11 is 0. The zero-order valence-corrected chi connectivity index (χ0v) is 8.36. The Kier molecular flexibility index (Phi) is 2.19. The quantitative estimate of drug-likeness (QED) is 0.699. The molecule has 0 aromatic heterocycles. The number of aldehydes is 1. The molecule has 1 N–H and O–H groups in total. The number of amides is 1. The zero-order valence-electron chi connectivity index (χ0n) is 8.36. The van der Waals surface area contributed by atoms with Crippen molar-refractivity contribution in [3.63, 3.8) is 0 Å². The van der Waals surface area contributed by atoms with Crippen LogP contribution in [0, 0.1) is 0 Å². The first-order valence-corrected chi connectivity index (χ1v) is 4.71. The molecule has 4 nitrogen and oxygen atoms in total. The molecule has 0 saturated heterocycles. The highest BCUT2D eigenvalue weighted by Crippen LogP contribution is 2.31. The number of aromatic hydroxyl groups is 1. The number of hydrogen-bond donors (Lipinski definition) is 1. The molecule has 78 valence electrons. The van der Waals surface area contributed by atoms with E-state index in [-0.39, 0.29) is 17.2 Å². The van der Waals surface area contributed by atoms with Crippen molar-refractivity contribution in [1.82, 2.24) is 0 Å². The minimum absolute atomic E-state index is 0.0218. The molecule has 2 rings (SSSR count). The number of hydrogen-bond acceptors (Lipinski definition) is 3. The van der Waals surface area contributed by atoms with Crippen LogP contribution in [0.25, 0.3) is 0 Å². The lowest BCUT2D eigenvalue weighted by molar-refractivity contribution is -0.118. The van der Waals surface area contributed by atoms with Gasteiger partial charge in [-0.1, -0.05) is 0 Å². The Morgan fingerprint density at radius 1 is 1.40 bits per heavy atom. The summed E-state index contributed by atoms with van der Waals surface area (Å²) in [5, 5.41) is 9.48. The van der Waals surface area contributed by atoms with Crippen LogP contribution in [0.1, 0.15) is 22.3 Å². The van der Waals surface area contributed by atoms with Gasteiger partial charge in [0.1, 0.15) is 5.75 Å². The normalized spacial score (nSPS) is 15.0. The highest BCUT2D eigenvalue weighted by Gasteiger charge is 2.22. The molecule has 1 aromatic rings. The SMILES string of the molecule is CN1C(=O)CCc2cc(O)c(C=O)cc21. The van der Waals surface area contributed by atoms with E-state index in [1.807, 2.05) is 0 Å².